The first-order chi connectivity index (χ1) is 9.97. The summed E-state index contributed by atoms with van der Waals surface area (Å²) >= 11 is 6.19. The van der Waals surface area contributed by atoms with Crippen molar-refractivity contribution in [2.45, 2.75) is 23.7 Å². The van der Waals surface area contributed by atoms with Crippen LogP contribution in [0.5, 0.6) is 0 Å². The van der Waals surface area contributed by atoms with E-state index >= 15 is 0 Å². The van der Waals surface area contributed by atoms with Gasteiger partial charge < -0.3 is 5.73 Å². The van der Waals surface area contributed by atoms with Gasteiger partial charge in [0.05, 0.1) is 10.6 Å². The third-order valence-electron chi connectivity index (χ3n) is 3.18. The van der Waals surface area contributed by atoms with Crippen molar-refractivity contribution in [1.29, 1.82) is 0 Å². The Kier molecular flexibility index (Phi) is 3.68. The van der Waals surface area contributed by atoms with Crippen molar-refractivity contribution in [1.82, 2.24) is 4.98 Å². The SMILES string of the molecule is NC(=S)c1ccccc1S(=O)(=O)Nc1nc(C2CC2)cs1. The highest BCUT2D eigenvalue weighted by Gasteiger charge is 2.27. The van der Waals surface area contributed by atoms with Crippen LogP contribution in [0.25, 0.3) is 0 Å². The smallest absolute Gasteiger partial charge is 0.264 e. The van der Waals surface area contributed by atoms with Gasteiger partial charge in [-0.1, -0.05) is 30.4 Å². The highest BCUT2D eigenvalue weighted by molar-refractivity contribution is 7.93. The van der Waals surface area contributed by atoms with Crippen LogP contribution in [0, 0.1) is 0 Å². The summed E-state index contributed by atoms with van der Waals surface area (Å²) in [7, 11) is -3.75. The van der Waals surface area contributed by atoms with E-state index in [9.17, 15) is 8.42 Å². The topological polar surface area (TPSA) is 85.1 Å². The molecule has 1 fully saturated rings. The molecular weight excluding hydrogens is 326 g/mol. The van der Waals surface area contributed by atoms with E-state index in [2.05, 4.69) is 9.71 Å². The van der Waals surface area contributed by atoms with Gasteiger partial charge in [0.2, 0.25) is 0 Å². The number of anilines is 1. The number of thiazole rings is 1. The Hall–Kier alpha value is -1.51. The van der Waals surface area contributed by atoms with Crippen molar-refractivity contribution in [3.8, 4) is 0 Å². The highest BCUT2D eigenvalue weighted by atomic mass is 32.2. The molecule has 0 amide bonds. The van der Waals surface area contributed by atoms with Crippen molar-refractivity contribution in [2.24, 2.45) is 5.73 Å². The van der Waals surface area contributed by atoms with Crippen molar-refractivity contribution in [3.63, 3.8) is 0 Å². The molecule has 1 saturated carbocycles. The average Bonchev–Trinajstić information content (AvgIpc) is 3.20. The number of aromatic nitrogens is 1. The van der Waals surface area contributed by atoms with Crippen LogP contribution in [0.2, 0.25) is 0 Å². The average molecular weight is 339 g/mol. The fourth-order valence-electron chi connectivity index (χ4n) is 1.97. The predicted octanol–water partition coefficient (Wildman–Crippen LogP) is 2.46. The minimum absolute atomic E-state index is 0.0498. The lowest BCUT2D eigenvalue weighted by Gasteiger charge is -2.09. The molecule has 0 bridgehead atoms. The normalized spacial score (nSPS) is 14.9. The highest BCUT2D eigenvalue weighted by Crippen LogP contribution is 2.41. The maximum atomic E-state index is 12.5. The van der Waals surface area contributed by atoms with E-state index in [0.717, 1.165) is 18.5 Å². The van der Waals surface area contributed by atoms with E-state index in [1.165, 1.54) is 17.4 Å². The van der Waals surface area contributed by atoms with E-state index < -0.39 is 10.0 Å². The van der Waals surface area contributed by atoms with Crippen LogP contribution in [-0.4, -0.2) is 18.4 Å². The van der Waals surface area contributed by atoms with Gasteiger partial charge in [0.15, 0.2) is 5.13 Å². The number of hydrogen-bond acceptors (Lipinski definition) is 5. The molecule has 3 rings (SSSR count). The molecule has 21 heavy (non-hydrogen) atoms. The minimum Gasteiger partial charge on any atom is -0.389 e. The quantitative estimate of drug-likeness (QED) is 0.817. The monoisotopic (exact) mass is 339 g/mol. The maximum Gasteiger partial charge on any atom is 0.264 e. The zero-order valence-corrected chi connectivity index (χ0v) is 13.4. The van der Waals surface area contributed by atoms with Gasteiger partial charge in [-0.3, -0.25) is 4.72 Å². The number of thiocarbonyl (C=S) groups is 1. The van der Waals surface area contributed by atoms with Gasteiger partial charge in [-0.25, -0.2) is 13.4 Å². The Morgan fingerprint density at radius 3 is 2.76 bits per heavy atom. The van der Waals surface area contributed by atoms with Gasteiger partial charge in [0.1, 0.15) is 4.99 Å². The van der Waals surface area contributed by atoms with Crippen LogP contribution in [0.4, 0.5) is 5.13 Å². The number of hydrogen-bond donors (Lipinski definition) is 2. The number of nitrogens with one attached hydrogen (secondary N) is 1. The summed E-state index contributed by atoms with van der Waals surface area (Å²) in [4.78, 5) is 4.44. The Balaban J connectivity index is 1.91. The molecule has 1 aliphatic carbocycles. The maximum absolute atomic E-state index is 12.5. The summed E-state index contributed by atoms with van der Waals surface area (Å²) in [5.41, 5.74) is 6.87. The van der Waals surface area contributed by atoms with Crippen LogP contribution >= 0.6 is 23.6 Å². The zero-order chi connectivity index (χ0) is 15.0. The number of sulfonamides is 1. The molecule has 1 heterocycles. The number of nitrogens with two attached hydrogens (primary N) is 1. The number of benzene rings is 1. The summed E-state index contributed by atoms with van der Waals surface area (Å²) in [6.07, 6.45) is 2.25. The van der Waals surface area contributed by atoms with E-state index in [0.29, 0.717) is 16.6 Å². The number of rotatable bonds is 5. The van der Waals surface area contributed by atoms with Crippen molar-refractivity contribution >= 4 is 43.7 Å². The molecule has 1 aliphatic rings. The molecule has 3 N–H and O–H groups in total. The second kappa shape index (κ2) is 5.36. The summed E-state index contributed by atoms with van der Waals surface area (Å²) in [6, 6.07) is 6.40. The molecule has 0 unspecified atom stereocenters. The third kappa shape index (κ3) is 3.07. The van der Waals surface area contributed by atoms with Crippen LogP contribution in [-0.2, 0) is 10.0 Å². The first kappa shape index (κ1) is 14.4. The van der Waals surface area contributed by atoms with Crippen LogP contribution in [0.3, 0.4) is 0 Å². The molecule has 1 aromatic heterocycles. The van der Waals surface area contributed by atoms with Crippen molar-refractivity contribution in [2.75, 3.05) is 4.72 Å². The van der Waals surface area contributed by atoms with Gasteiger partial charge in [0.25, 0.3) is 10.0 Å². The van der Waals surface area contributed by atoms with Gasteiger partial charge >= 0.3 is 0 Å². The molecule has 8 heteroatoms. The summed E-state index contributed by atoms with van der Waals surface area (Å²) < 4.78 is 27.4. The van der Waals surface area contributed by atoms with E-state index in [-0.39, 0.29) is 9.88 Å². The minimum atomic E-state index is -3.75. The fourth-order valence-corrected chi connectivity index (χ4v) is 4.48. The van der Waals surface area contributed by atoms with Crippen LogP contribution in [0.1, 0.15) is 30.0 Å². The summed E-state index contributed by atoms with van der Waals surface area (Å²) in [5, 5.41) is 2.27. The Labute approximate surface area is 132 Å². The van der Waals surface area contributed by atoms with Gasteiger partial charge in [-0.05, 0) is 18.9 Å². The van der Waals surface area contributed by atoms with Crippen molar-refractivity contribution < 1.29 is 8.42 Å². The molecule has 0 radical (unpaired) electrons. The largest absolute Gasteiger partial charge is 0.389 e. The van der Waals surface area contributed by atoms with E-state index in [4.69, 9.17) is 18.0 Å². The van der Waals surface area contributed by atoms with Gasteiger partial charge in [-0.2, -0.15) is 0 Å². The fraction of sp³-hybridized carbons (Fsp3) is 0.231. The summed E-state index contributed by atoms with van der Waals surface area (Å²) in [5.74, 6) is 0.489. The molecule has 0 spiro atoms. The lowest BCUT2D eigenvalue weighted by molar-refractivity contribution is 0.601. The van der Waals surface area contributed by atoms with E-state index in [1.54, 1.807) is 18.2 Å². The van der Waals surface area contributed by atoms with Crippen LogP contribution < -0.4 is 10.5 Å². The molecule has 0 aliphatic heterocycles. The Bertz CT molecular complexity index is 794. The first-order valence-corrected chi connectivity index (χ1v) is 9.11. The zero-order valence-electron chi connectivity index (χ0n) is 10.9. The number of nitrogens with zero attached hydrogens (tertiary/aromatic N) is 1. The molecule has 1 aromatic carbocycles. The van der Waals surface area contributed by atoms with E-state index in [1.807, 2.05) is 5.38 Å². The summed E-state index contributed by atoms with van der Waals surface area (Å²) in [6.45, 7) is 0. The van der Waals surface area contributed by atoms with Crippen molar-refractivity contribution in [3.05, 3.63) is 40.9 Å². The lowest BCUT2D eigenvalue weighted by atomic mass is 10.2. The van der Waals surface area contributed by atoms with Gasteiger partial charge in [-0.15, -0.1) is 11.3 Å². The molecule has 5 nitrogen and oxygen atoms in total. The Morgan fingerprint density at radius 1 is 1.38 bits per heavy atom. The third-order valence-corrected chi connectivity index (χ3v) is 5.70. The second-order valence-corrected chi connectivity index (χ2v) is 7.77. The molecular formula is C13H13N3O2S3. The first-order valence-electron chi connectivity index (χ1n) is 6.34. The standard InChI is InChI=1S/C13H13N3O2S3/c14-12(19)9-3-1-2-4-11(9)21(17,18)16-13-15-10(7-20-13)8-5-6-8/h1-4,7-8H,5-6H2,(H2,14,19)(H,15,16). The second-order valence-electron chi connectivity index (χ2n) is 4.82. The van der Waals surface area contributed by atoms with Gasteiger partial charge in [0, 0.05) is 16.9 Å². The molecule has 0 saturated heterocycles. The van der Waals surface area contributed by atoms with Crippen LogP contribution in [0.15, 0.2) is 34.5 Å². The predicted molar refractivity (Wildman–Crippen MR) is 87.2 cm³/mol. The molecule has 0 atom stereocenters. The Morgan fingerprint density at radius 2 is 2.10 bits per heavy atom. The molecule has 2 aromatic rings. The lowest BCUT2D eigenvalue weighted by Crippen LogP contribution is -2.19. The molecule has 110 valence electrons.